The normalized spacial score (nSPS) is 25.4. The zero-order valence-corrected chi connectivity index (χ0v) is 15.9. The van der Waals surface area contributed by atoms with Crippen molar-refractivity contribution in [2.75, 3.05) is 18.1 Å². The fourth-order valence-electron chi connectivity index (χ4n) is 4.08. The van der Waals surface area contributed by atoms with Gasteiger partial charge in [-0.25, -0.2) is 9.59 Å². The topological polar surface area (TPSA) is 154 Å². The number of carboxylic acid groups (broad SMARTS) is 1. The Morgan fingerprint density at radius 2 is 1.90 bits per heavy atom. The predicted octanol–water partition coefficient (Wildman–Crippen LogP) is 0.111. The molecule has 1 unspecified atom stereocenters. The number of carbonyl (C=O) groups is 3. The highest BCUT2D eigenvalue weighted by atomic mass is 32.2. The molecule has 1 aromatic carbocycles. The SMILES string of the molecule is CS(=O)(=O)OC1=C(C(=O)O)N2C(=O)[C@@H]3[C@H]2C1CCN3C(=O)Nc1ccc(O)cc1. The summed E-state index contributed by atoms with van der Waals surface area (Å²) in [7, 11) is -3.99. The Morgan fingerprint density at radius 3 is 2.48 bits per heavy atom. The number of β-lactam (4-membered cyclic amide) rings is 1. The Labute approximate surface area is 165 Å². The molecule has 0 bridgehead atoms. The number of amides is 3. The van der Waals surface area contributed by atoms with E-state index in [-0.39, 0.29) is 24.5 Å². The minimum absolute atomic E-state index is 0.0326. The van der Waals surface area contributed by atoms with Crippen LogP contribution < -0.4 is 5.32 Å². The average molecular weight is 423 g/mol. The fraction of sp³-hybridized carbons (Fsp3) is 0.353. The van der Waals surface area contributed by atoms with Gasteiger partial charge in [0.05, 0.1) is 12.3 Å². The van der Waals surface area contributed by atoms with Crippen molar-refractivity contribution in [1.82, 2.24) is 9.80 Å². The van der Waals surface area contributed by atoms with Gasteiger partial charge in [-0.15, -0.1) is 0 Å². The molecule has 0 aromatic heterocycles. The van der Waals surface area contributed by atoms with Crippen LogP contribution in [0.3, 0.4) is 0 Å². The quantitative estimate of drug-likeness (QED) is 0.350. The van der Waals surface area contributed by atoms with Gasteiger partial charge < -0.3 is 24.6 Å². The first-order valence-corrected chi connectivity index (χ1v) is 10.5. The summed E-state index contributed by atoms with van der Waals surface area (Å²) in [6.45, 7) is 0.110. The third kappa shape index (κ3) is 3.05. The molecule has 0 spiro atoms. The van der Waals surface area contributed by atoms with Gasteiger partial charge in [-0.1, -0.05) is 0 Å². The molecule has 11 nitrogen and oxygen atoms in total. The second-order valence-electron chi connectivity index (χ2n) is 7.01. The maximum absolute atomic E-state index is 12.7. The highest BCUT2D eigenvalue weighted by Gasteiger charge is 2.65. The smallest absolute Gasteiger partial charge is 0.356 e. The molecule has 12 heteroatoms. The molecule has 3 N–H and O–H groups in total. The number of carboxylic acids is 1. The van der Waals surface area contributed by atoms with Crippen LogP contribution in [0.5, 0.6) is 5.75 Å². The number of nitrogens with zero attached hydrogens (tertiary/aromatic N) is 2. The number of anilines is 1. The largest absolute Gasteiger partial charge is 0.508 e. The van der Waals surface area contributed by atoms with Crippen molar-refractivity contribution >= 4 is 33.7 Å². The van der Waals surface area contributed by atoms with E-state index in [4.69, 9.17) is 4.18 Å². The van der Waals surface area contributed by atoms with E-state index in [9.17, 15) is 33.0 Å². The van der Waals surface area contributed by atoms with Crippen LogP contribution in [0.15, 0.2) is 35.7 Å². The van der Waals surface area contributed by atoms with E-state index in [0.29, 0.717) is 5.69 Å². The van der Waals surface area contributed by atoms with Gasteiger partial charge >= 0.3 is 22.1 Å². The average Bonchev–Trinajstić information content (AvgIpc) is 2.94. The number of benzene rings is 1. The van der Waals surface area contributed by atoms with Gasteiger partial charge in [0.1, 0.15) is 11.8 Å². The number of likely N-dealkylation sites (tertiary alicyclic amines) is 1. The van der Waals surface area contributed by atoms with Crippen LogP contribution >= 0.6 is 0 Å². The predicted molar refractivity (Wildman–Crippen MR) is 97.0 cm³/mol. The number of hydrogen-bond donors (Lipinski definition) is 3. The monoisotopic (exact) mass is 423 g/mol. The van der Waals surface area contributed by atoms with Crippen LogP contribution in [0.2, 0.25) is 0 Å². The van der Waals surface area contributed by atoms with E-state index >= 15 is 0 Å². The van der Waals surface area contributed by atoms with Crippen molar-refractivity contribution in [3.8, 4) is 5.75 Å². The Balaban J connectivity index is 1.59. The highest BCUT2D eigenvalue weighted by molar-refractivity contribution is 7.86. The molecule has 3 atom stereocenters. The minimum Gasteiger partial charge on any atom is -0.508 e. The number of nitrogens with one attached hydrogen (secondary N) is 1. The number of phenols is 1. The molecule has 0 radical (unpaired) electrons. The van der Waals surface area contributed by atoms with Gasteiger partial charge in [0.25, 0.3) is 5.91 Å². The Morgan fingerprint density at radius 1 is 1.24 bits per heavy atom. The summed E-state index contributed by atoms with van der Waals surface area (Å²) in [5.41, 5.74) is -0.0807. The van der Waals surface area contributed by atoms with E-state index in [0.717, 1.165) is 11.2 Å². The first kappa shape index (κ1) is 19.1. The molecule has 2 saturated heterocycles. The molecule has 3 heterocycles. The van der Waals surface area contributed by atoms with Crippen LogP contribution in [-0.2, 0) is 23.9 Å². The zero-order valence-electron chi connectivity index (χ0n) is 15.1. The Kier molecular flexibility index (Phi) is 4.19. The Hall–Kier alpha value is -3.28. The van der Waals surface area contributed by atoms with Crippen LogP contribution in [0.1, 0.15) is 6.42 Å². The number of rotatable bonds is 4. The summed E-state index contributed by atoms with van der Waals surface area (Å²) < 4.78 is 28.1. The lowest BCUT2D eigenvalue weighted by atomic mass is 9.80. The summed E-state index contributed by atoms with van der Waals surface area (Å²) in [4.78, 5) is 39.3. The second kappa shape index (κ2) is 6.37. The van der Waals surface area contributed by atoms with Crippen LogP contribution in [0.4, 0.5) is 10.5 Å². The second-order valence-corrected chi connectivity index (χ2v) is 8.59. The maximum atomic E-state index is 12.7. The fourth-order valence-corrected chi connectivity index (χ4v) is 4.61. The number of phenolic OH excluding ortho intramolecular Hbond substituents is 1. The number of aromatic hydroxyl groups is 1. The lowest BCUT2D eigenvalue weighted by molar-refractivity contribution is -0.160. The van der Waals surface area contributed by atoms with Crippen LogP contribution in [-0.4, -0.2) is 71.2 Å². The van der Waals surface area contributed by atoms with E-state index in [1.54, 1.807) is 0 Å². The van der Waals surface area contributed by atoms with Crippen LogP contribution in [0, 0.1) is 5.92 Å². The van der Waals surface area contributed by atoms with Crippen molar-refractivity contribution in [2.45, 2.75) is 18.5 Å². The van der Waals surface area contributed by atoms with Crippen molar-refractivity contribution in [3.63, 3.8) is 0 Å². The van der Waals surface area contributed by atoms with Crippen molar-refractivity contribution in [3.05, 3.63) is 35.7 Å². The first-order chi connectivity index (χ1) is 13.6. The molecule has 3 aliphatic rings. The molecule has 0 saturated carbocycles. The van der Waals surface area contributed by atoms with Gasteiger partial charge in [0.2, 0.25) is 0 Å². The van der Waals surface area contributed by atoms with E-state index in [2.05, 4.69) is 5.32 Å². The minimum atomic E-state index is -3.99. The number of piperidine rings is 1. The van der Waals surface area contributed by atoms with Gasteiger partial charge in [-0.05, 0) is 30.7 Å². The van der Waals surface area contributed by atoms with Gasteiger partial charge in [0.15, 0.2) is 11.5 Å². The van der Waals surface area contributed by atoms with Crippen molar-refractivity contribution in [1.29, 1.82) is 0 Å². The molecule has 3 amide bonds. The van der Waals surface area contributed by atoms with E-state index in [1.807, 2.05) is 0 Å². The summed E-state index contributed by atoms with van der Waals surface area (Å²) in [5, 5.41) is 21.4. The summed E-state index contributed by atoms with van der Waals surface area (Å²) in [6, 6.07) is 3.62. The molecule has 4 rings (SSSR count). The Bertz CT molecular complexity index is 1050. The molecule has 2 fully saturated rings. The van der Waals surface area contributed by atoms with Gasteiger partial charge in [-0.3, -0.25) is 9.69 Å². The molecule has 0 aliphatic carbocycles. The summed E-state index contributed by atoms with van der Waals surface area (Å²) in [5.74, 6) is -2.93. The standard InChI is InChI=1S/C17H17N3O8S/c1-29(26,27)28-14-10-6-7-19(17(25)18-8-2-4-9(21)5-3-8)12-11(10)20(15(12)22)13(14)16(23)24/h2-5,10-12,21H,6-7H2,1H3,(H,18,25)(H,23,24)/t10?,11-,12+/m1/s1. The lowest BCUT2D eigenvalue weighted by Gasteiger charge is -2.52. The molecular formula is C17H17N3O8S. The third-order valence-corrected chi connectivity index (χ3v) is 5.66. The first-order valence-electron chi connectivity index (χ1n) is 8.65. The summed E-state index contributed by atoms with van der Waals surface area (Å²) in [6.07, 6.45) is 1.03. The number of hydrogen-bond acceptors (Lipinski definition) is 7. The molecule has 154 valence electrons. The van der Waals surface area contributed by atoms with Crippen LogP contribution in [0.25, 0.3) is 0 Å². The summed E-state index contributed by atoms with van der Waals surface area (Å²) >= 11 is 0. The lowest BCUT2D eigenvalue weighted by Crippen LogP contribution is -2.74. The highest BCUT2D eigenvalue weighted by Crippen LogP contribution is 2.49. The maximum Gasteiger partial charge on any atom is 0.356 e. The number of aliphatic carboxylic acids is 1. The van der Waals surface area contributed by atoms with E-state index < -0.39 is 51.7 Å². The molecular weight excluding hydrogens is 406 g/mol. The van der Waals surface area contributed by atoms with E-state index in [1.165, 1.54) is 29.2 Å². The third-order valence-electron chi connectivity index (χ3n) is 5.18. The van der Waals surface area contributed by atoms with Crippen molar-refractivity contribution in [2.24, 2.45) is 5.92 Å². The van der Waals surface area contributed by atoms with Gasteiger partial charge in [-0.2, -0.15) is 8.42 Å². The van der Waals surface area contributed by atoms with Gasteiger partial charge in [0, 0.05) is 18.2 Å². The molecule has 1 aromatic rings. The molecule has 3 aliphatic heterocycles. The number of urea groups is 1. The zero-order chi connectivity index (χ0) is 21.1. The number of carbonyl (C=O) groups excluding carboxylic acids is 2. The molecule has 29 heavy (non-hydrogen) atoms. The van der Waals surface area contributed by atoms with Crippen molar-refractivity contribution < 1.29 is 37.2 Å².